The maximum atomic E-state index is 11.8. The Labute approximate surface area is 112 Å². The second-order valence-corrected chi connectivity index (χ2v) is 4.38. The number of hydrogen-bond donors (Lipinski definition) is 2. The Bertz CT molecular complexity index is 628. The fourth-order valence-electron chi connectivity index (χ4n) is 1.93. The van der Waals surface area contributed by atoms with Gasteiger partial charge >= 0.3 is 0 Å². The SMILES string of the molecule is Cc1ccc(C(=O)C=CN)cc1-c1ccc(N)cc1. The third kappa shape index (κ3) is 2.83. The van der Waals surface area contributed by atoms with Crippen LogP contribution in [0, 0.1) is 6.92 Å². The molecule has 0 radical (unpaired) electrons. The summed E-state index contributed by atoms with van der Waals surface area (Å²) in [5, 5.41) is 0. The molecule has 0 aromatic heterocycles. The number of ketones is 1. The topological polar surface area (TPSA) is 69.1 Å². The van der Waals surface area contributed by atoms with E-state index in [1.54, 1.807) is 6.07 Å². The summed E-state index contributed by atoms with van der Waals surface area (Å²) >= 11 is 0. The quantitative estimate of drug-likeness (QED) is 0.501. The Morgan fingerprint density at radius 2 is 1.79 bits per heavy atom. The third-order valence-electron chi connectivity index (χ3n) is 2.99. The number of allylic oxidation sites excluding steroid dienone is 1. The average molecular weight is 252 g/mol. The Hall–Kier alpha value is -2.55. The van der Waals surface area contributed by atoms with Crippen LogP contribution < -0.4 is 11.5 Å². The molecule has 0 aliphatic carbocycles. The molecule has 2 rings (SSSR count). The molecule has 0 amide bonds. The van der Waals surface area contributed by atoms with Gasteiger partial charge in [-0.05, 0) is 48.0 Å². The molecule has 3 heteroatoms. The summed E-state index contributed by atoms with van der Waals surface area (Å²) in [5.74, 6) is -0.0980. The number of nitrogen functional groups attached to an aromatic ring is 1. The van der Waals surface area contributed by atoms with Crippen molar-refractivity contribution in [2.75, 3.05) is 5.73 Å². The first-order valence-electron chi connectivity index (χ1n) is 6.01. The van der Waals surface area contributed by atoms with Crippen molar-refractivity contribution in [3.8, 4) is 11.1 Å². The third-order valence-corrected chi connectivity index (χ3v) is 2.99. The number of benzene rings is 2. The van der Waals surface area contributed by atoms with E-state index in [9.17, 15) is 4.79 Å². The van der Waals surface area contributed by atoms with Gasteiger partial charge in [0.25, 0.3) is 0 Å². The molecule has 0 spiro atoms. The van der Waals surface area contributed by atoms with Gasteiger partial charge in [-0.3, -0.25) is 4.79 Å². The average Bonchev–Trinajstić information content (AvgIpc) is 2.41. The van der Waals surface area contributed by atoms with Crippen LogP contribution in [0.2, 0.25) is 0 Å². The molecule has 0 heterocycles. The zero-order valence-corrected chi connectivity index (χ0v) is 10.8. The van der Waals surface area contributed by atoms with Crippen LogP contribution in [-0.4, -0.2) is 5.78 Å². The standard InChI is InChI=1S/C16H16N2O/c1-11-2-3-13(16(19)8-9-17)10-15(11)12-4-6-14(18)7-5-12/h2-10H,17-18H2,1H3. The van der Waals surface area contributed by atoms with Gasteiger partial charge in [-0.15, -0.1) is 0 Å². The summed E-state index contributed by atoms with van der Waals surface area (Å²) in [4.78, 5) is 11.8. The zero-order valence-electron chi connectivity index (χ0n) is 10.8. The minimum Gasteiger partial charge on any atom is -0.404 e. The molecule has 0 aliphatic rings. The van der Waals surface area contributed by atoms with Crippen LogP contribution in [0.3, 0.4) is 0 Å². The number of hydrogen-bond acceptors (Lipinski definition) is 3. The molecule has 19 heavy (non-hydrogen) atoms. The lowest BCUT2D eigenvalue weighted by atomic mass is 9.96. The molecule has 0 saturated carbocycles. The van der Waals surface area contributed by atoms with Gasteiger partial charge in [0.2, 0.25) is 0 Å². The number of rotatable bonds is 3. The molecule has 3 nitrogen and oxygen atoms in total. The van der Waals surface area contributed by atoms with Crippen LogP contribution in [0.25, 0.3) is 11.1 Å². The van der Waals surface area contributed by atoms with E-state index in [4.69, 9.17) is 11.5 Å². The fourth-order valence-corrected chi connectivity index (χ4v) is 1.93. The minimum absolute atomic E-state index is 0.0980. The molecule has 0 bridgehead atoms. The van der Waals surface area contributed by atoms with Crippen LogP contribution in [0.4, 0.5) is 5.69 Å². The van der Waals surface area contributed by atoms with Crippen molar-refractivity contribution < 1.29 is 4.79 Å². The van der Waals surface area contributed by atoms with Gasteiger partial charge in [0, 0.05) is 17.3 Å². The first-order chi connectivity index (χ1) is 9.11. The summed E-state index contributed by atoms with van der Waals surface area (Å²) in [5.41, 5.74) is 15.5. The Morgan fingerprint density at radius 1 is 1.11 bits per heavy atom. The summed E-state index contributed by atoms with van der Waals surface area (Å²) in [6.45, 7) is 2.01. The van der Waals surface area contributed by atoms with E-state index in [1.165, 1.54) is 12.3 Å². The Balaban J connectivity index is 2.48. The summed E-state index contributed by atoms with van der Waals surface area (Å²) in [6, 6.07) is 13.2. The predicted octanol–water partition coefficient (Wildman–Crippen LogP) is 2.90. The molecular weight excluding hydrogens is 236 g/mol. The van der Waals surface area contributed by atoms with Gasteiger partial charge in [0.1, 0.15) is 0 Å². The van der Waals surface area contributed by atoms with Crippen LogP contribution in [0.15, 0.2) is 54.7 Å². The Morgan fingerprint density at radius 3 is 2.42 bits per heavy atom. The van der Waals surface area contributed by atoms with Gasteiger partial charge < -0.3 is 11.5 Å². The maximum absolute atomic E-state index is 11.8. The largest absolute Gasteiger partial charge is 0.404 e. The van der Waals surface area contributed by atoms with Crippen molar-refractivity contribution in [1.82, 2.24) is 0 Å². The van der Waals surface area contributed by atoms with Crippen LogP contribution in [0.5, 0.6) is 0 Å². The highest BCUT2D eigenvalue weighted by Crippen LogP contribution is 2.25. The summed E-state index contributed by atoms with van der Waals surface area (Å²) in [6.07, 6.45) is 2.61. The number of nitrogens with two attached hydrogens (primary N) is 2. The van der Waals surface area contributed by atoms with E-state index in [0.29, 0.717) is 5.56 Å². The van der Waals surface area contributed by atoms with Crippen LogP contribution in [-0.2, 0) is 0 Å². The molecule has 0 aliphatic heterocycles. The highest BCUT2D eigenvalue weighted by molar-refractivity contribution is 6.05. The van der Waals surface area contributed by atoms with E-state index in [1.807, 2.05) is 43.3 Å². The van der Waals surface area contributed by atoms with E-state index in [-0.39, 0.29) is 5.78 Å². The lowest BCUT2D eigenvalue weighted by molar-refractivity contribution is 0.104. The zero-order chi connectivity index (χ0) is 13.8. The molecule has 96 valence electrons. The fraction of sp³-hybridized carbons (Fsp3) is 0.0625. The molecule has 4 N–H and O–H groups in total. The van der Waals surface area contributed by atoms with E-state index in [0.717, 1.165) is 22.4 Å². The molecular formula is C16H16N2O. The first-order valence-corrected chi connectivity index (χ1v) is 6.01. The molecule has 0 saturated heterocycles. The van der Waals surface area contributed by atoms with Crippen molar-refractivity contribution in [2.24, 2.45) is 5.73 Å². The highest BCUT2D eigenvalue weighted by atomic mass is 16.1. The number of carbonyl (C=O) groups excluding carboxylic acids is 1. The van der Waals surface area contributed by atoms with Crippen molar-refractivity contribution in [2.45, 2.75) is 6.92 Å². The second-order valence-electron chi connectivity index (χ2n) is 4.38. The normalized spacial score (nSPS) is 10.8. The van der Waals surface area contributed by atoms with Gasteiger partial charge in [-0.2, -0.15) is 0 Å². The molecule has 0 atom stereocenters. The van der Waals surface area contributed by atoms with E-state index in [2.05, 4.69) is 0 Å². The van der Waals surface area contributed by atoms with Crippen LogP contribution in [0.1, 0.15) is 15.9 Å². The monoisotopic (exact) mass is 252 g/mol. The summed E-state index contributed by atoms with van der Waals surface area (Å²) < 4.78 is 0. The minimum atomic E-state index is -0.0980. The molecule has 2 aromatic rings. The second kappa shape index (κ2) is 5.40. The Kier molecular flexibility index (Phi) is 3.66. The van der Waals surface area contributed by atoms with Crippen molar-refractivity contribution in [3.63, 3.8) is 0 Å². The number of anilines is 1. The summed E-state index contributed by atoms with van der Waals surface area (Å²) in [7, 11) is 0. The van der Waals surface area contributed by atoms with Gasteiger partial charge in [-0.1, -0.05) is 24.3 Å². The van der Waals surface area contributed by atoms with Gasteiger partial charge in [0.05, 0.1) is 0 Å². The highest BCUT2D eigenvalue weighted by Gasteiger charge is 2.07. The molecule has 2 aromatic carbocycles. The first kappa shape index (κ1) is 12.9. The number of carbonyl (C=O) groups is 1. The van der Waals surface area contributed by atoms with Crippen molar-refractivity contribution in [3.05, 3.63) is 65.9 Å². The lowest BCUT2D eigenvalue weighted by Crippen LogP contribution is -1.97. The van der Waals surface area contributed by atoms with Gasteiger partial charge in [-0.25, -0.2) is 0 Å². The van der Waals surface area contributed by atoms with Crippen molar-refractivity contribution in [1.29, 1.82) is 0 Å². The smallest absolute Gasteiger partial charge is 0.187 e. The molecule has 0 fully saturated rings. The maximum Gasteiger partial charge on any atom is 0.187 e. The van der Waals surface area contributed by atoms with E-state index >= 15 is 0 Å². The van der Waals surface area contributed by atoms with Crippen molar-refractivity contribution >= 4 is 11.5 Å². The van der Waals surface area contributed by atoms with Gasteiger partial charge in [0.15, 0.2) is 5.78 Å². The lowest BCUT2D eigenvalue weighted by Gasteiger charge is -2.08. The predicted molar refractivity (Wildman–Crippen MR) is 78.7 cm³/mol. The molecule has 0 unspecified atom stereocenters. The van der Waals surface area contributed by atoms with Crippen LogP contribution >= 0.6 is 0 Å². The number of aryl methyl sites for hydroxylation is 1. The van der Waals surface area contributed by atoms with E-state index < -0.39 is 0 Å².